The highest BCUT2D eigenvalue weighted by Gasteiger charge is 2.16. The van der Waals surface area contributed by atoms with Crippen molar-refractivity contribution in [2.45, 2.75) is 11.8 Å². The molecule has 2 N–H and O–H groups in total. The zero-order valence-corrected chi connectivity index (χ0v) is 15.1. The SMILES string of the molecule is Cc1nc(-c2ccc(NS(=O)(=O)c3ccc4[nH]c(=O)oc4c3)cc2)cs1. The molecule has 0 saturated carbocycles. The van der Waals surface area contributed by atoms with Crippen LogP contribution in [0.15, 0.2) is 62.0 Å². The van der Waals surface area contributed by atoms with Crippen molar-refractivity contribution in [1.82, 2.24) is 9.97 Å². The number of oxazole rings is 1. The molecule has 9 heteroatoms. The summed E-state index contributed by atoms with van der Waals surface area (Å²) in [5.41, 5.74) is 2.82. The molecular weight excluding hydrogens is 374 g/mol. The summed E-state index contributed by atoms with van der Waals surface area (Å²) in [6, 6.07) is 11.2. The lowest BCUT2D eigenvalue weighted by molar-refractivity contribution is 0.554. The van der Waals surface area contributed by atoms with E-state index in [0.29, 0.717) is 11.2 Å². The monoisotopic (exact) mass is 387 g/mol. The lowest BCUT2D eigenvalue weighted by atomic mass is 10.1. The van der Waals surface area contributed by atoms with E-state index >= 15 is 0 Å². The van der Waals surface area contributed by atoms with Gasteiger partial charge in [-0.15, -0.1) is 11.3 Å². The minimum absolute atomic E-state index is 0.00644. The Labute approximate surface area is 152 Å². The smallest absolute Gasteiger partial charge is 0.408 e. The summed E-state index contributed by atoms with van der Waals surface area (Å²) in [4.78, 5) is 18.1. The van der Waals surface area contributed by atoms with Gasteiger partial charge in [-0.05, 0) is 31.2 Å². The number of aromatic amines is 1. The first-order valence-corrected chi connectivity index (χ1v) is 9.95. The van der Waals surface area contributed by atoms with Crippen molar-refractivity contribution in [2.75, 3.05) is 4.72 Å². The Morgan fingerprint density at radius 2 is 1.92 bits per heavy atom. The zero-order chi connectivity index (χ0) is 18.3. The number of hydrogen-bond donors (Lipinski definition) is 2. The van der Waals surface area contributed by atoms with E-state index in [1.807, 2.05) is 12.3 Å². The number of benzene rings is 2. The van der Waals surface area contributed by atoms with Crippen LogP contribution in [0.1, 0.15) is 5.01 Å². The summed E-state index contributed by atoms with van der Waals surface area (Å²) in [6.07, 6.45) is 0. The van der Waals surface area contributed by atoms with E-state index in [4.69, 9.17) is 4.42 Å². The van der Waals surface area contributed by atoms with Crippen LogP contribution in [-0.2, 0) is 10.0 Å². The average Bonchev–Trinajstić information content (AvgIpc) is 3.19. The van der Waals surface area contributed by atoms with E-state index in [2.05, 4.69) is 14.7 Å². The number of rotatable bonds is 4. The topological polar surface area (TPSA) is 105 Å². The Hall–Kier alpha value is -2.91. The standard InChI is InChI=1S/C17H13N3O4S2/c1-10-18-15(9-25-10)11-2-4-12(5-3-11)20-26(22,23)13-6-7-14-16(8-13)24-17(21)19-14/h2-9,20H,1H3,(H,19,21). The lowest BCUT2D eigenvalue weighted by Gasteiger charge is -2.08. The summed E-state index contributed by atoms with van der Waals surface area (Å²) < 4.78 is 32.5. The van der Waals surface area contributed by atoms with Gasteiger partial charge in [-0.2, -0.15) is 0 Å². The summed E-state index contributed by atoms with van der Waals surface area (Å²) in [5, 5.41) is 2.92. The van der Waals surface area contributed by atoms with Crippen LogP contribution >= 0.6 is 11.3 Å². The number of fused-ring (bicyclic) bond motifs is 1. The molecule has 0 aliphatic rings. The average molecular weight is 387 g/mol. The number of sulfonamides is 1. The molecule has 0 aliphatic carbocycles. The fraction of sp³-hybridized carbons (Fsp3) is 0.0588. The number of nitrogens with zero attached hydrogens (tertiary/aromatic N) is 1. The van der Waals surface area contributed by atoms with E-state index in [9.17, 15) is 13.2 Å². The van der Waals surface area contributed by atoms with Crippen molar-refractivity contribution in [2.24, 2.45) is 0 Å². The van der Waals surface area contributed by atoms with Crippen LogP contribution in [0.5, 0.6) is 0 Å². The molecule has 0 unspecified atom stereocenters. The molecule has 0 spiro atoms. The third-order valence-electron chi connectivity index (χ3n) is 3.75. The molecule has 2 aromatic heterocycles. The molecule has 2 heterocycles. The highest BCUT2D eigenvalue weighted by Crippen LogP contribution is 2.25. The van der Waals surface area contributed by atoms with Crippen LogP contribution in [-0.4, -0.2) is 18.4 Å². The molecule has 2 aromatic carbocycles. The molecule has 0 amide bonds. The van der Waals surface area contributed by atoms with Gasteiger partial charge < -0.3 is 4.42 Å². The molecular formula is C17H13N3O4S2. The van der Waals surface area contributed by atoms with Gasteiger partial charge >= 0.3 is 5.76 Å². The minimum Gasteiger partial charge on any atom is -0.408 e. The quantitative estimate of drug-likeness (QED) is 0.559. The van der Waals surface area contributed by atoms with E-state index in [1.54, 1.807) is 35.6 Å². The normalized spacial score (nSPS) is 11.7. The minimum atomic E-state index is -3.81. The van der Waals surface area contributed by atoms with Crippen molar-refractivity contribution in [1.29, 1.82) is 0 Å². The summed E-state index contributed by atoms with van der Waals surface area (Å²) in [6.45, 7) is 1.93. The zero-order valence-electron chi connectivity index (χ0n) is 13.5. The lowest BCUT2D eigenvalue weighted by Crippen LogP contribution is -2.12. The van der Waals surface area contributed by atoms with Crippen LogP contribution in [0.2, 0.25) is 0 Å². The van der Waals surface area contributed by atoms with Gasteiger partial charge in [-0.3, -0.25) is 9.71 Å². The second-order valence-corrected chi connectivity index (χ2v) is 8.35. The summed E-state index contributed by atoms with van der Waals surface area (Å²) in [7, 11) is -3.81. The van der Waals surface area contributed by atoms with E-state index < -0.39 is 15.8 Å². The fourth-order valence-corrected chi connectivity index (χ4v) is 4.21. The fourth-order valence-electron chi connectivity index (χ4n) is 2.51. The first-order chi connectivity index (χ1) is 12.4. The first-order valence-electron chi connectivity index (χ1n) is 7.59. The molecule has 0 fully saturated rings. The summed E-state index contributed by atoms with van der Waals surface area (Å²) >= 11 is 1.56. The third-order valence-corrected chi connectivity index (χ3v) is 5.91. The molecule has 26 heavy (non-hydrogen) atoms. The number of aromatic nitrogens is 2. The number of H-pyrrole nitrogens is 1. The number of hydrogen-bond acceptors (Lipinski definition) is 6. The Kier molecular flexibility index (Phi) is 3.89. The van der Waals surface area contributed by atoms with Crippen molar-refractivity contribution < 1.29 is 12.8 Å². The Morgan fingerprint density at radius 3 is 2.62 bits per heavy atom. The van der Waals surface area contributed by atoms with Crippen LogP contribution in [0.25, 0.3) is 22.4 Å². The van der Waals surface area contributed by atoms with Gasteiger partial charge in [0.2, 0.25) is 0 Å². The highest BCUT2D eigenvalue weighted by molar-refractivity contribution is 7.92. The first kappa shape index (κ1) is 16.6. The predicted molar refractivity (Wildman–Crippen MR) is 99.9 cm³/mol. The maximum atomic E-state index is 12.6. The van der Waals surface area contributed by atoms with E-state index in [-0.39, 0.29) is 10.5 Å². The van der Waals surface area contributed by atoms with Gasteiger partial charge in [0.1, 0.15) is 0 Å². The summed E-state index contributed by atoms with van der Waals surface area (Å²) in [5.74, 6) is -0.629. The van der Waals surface area contributed by atoms with Gasteiger partial charge in [0.25, 0.3) is 10.0 Å². The maximum absolute atomic E-state index is 12.6. The Balaban J connectivity index is 1.61. The molecule has 7 nitrogen and oxygen atoms in total. The molecule has 0 saturated heterocycles. The maximum Gasteiger partial charge on any atom is 0.417 e. The number of nitrogens with one attached hydrogen (secondary N) is 2. The predicted octanol–water partition coefficient (Wildman–Crippen LogP) is 3.35. The number of anilines is 1. The third kappa shape index (κ3) is 3.14. The van der Waals surface area contributed by atoms with Gasteiger partial charge in [0.05, 0.1) is 21.1 Å². The highest BCUT2D eigenvalue weighted by atomic mass is 32.2. The molecule has 0 atom stereocenters. The van der Waals surface area contributed by atoms with Crippen molar-refractivity contribution >= 4 is 38.1 Å². The van der Waals surface area contributed by atoms with Crippen molar-refractivity contribution in [3.63, 3.8) is 0 Å². The van der Waals surface area contributed by atoms with Crippen LogP contribution in [0.3, 0.4) is 0 Å². The van der Waals surface area contributed by atoms with Gasteiger partial charge in [-0.1, -0.05) is 12.1 Å². The van der Waals surface area contributed by atoms with E-state index in [1.165, 1.54) is 18.2 Å². The number of thiazole rings is 1. The van der Waals surface area contributed by atoms with Gasteiger partial charge in [0, 0.05) is 22.7 Å². The van der Waals surface area contributed by atoms with Crippen LogP contribution < -0.4 is 10.5 Å². The van der Waals surface area contributed by atoms with Crippen LogP contribution in [0, 0.1) is 6.92 Å². The molecule has 0 bridgehead atoms. The molecule has 0 aliphatic heterocycles. The van der Waals surface area contributed by atoms with Crippen molar-refractivity contribution in [3.8, 4) is 11.3 Å². The van der Waals surface area contributed by atoms with Crippen LogP contribution in [0.4, 0.5) is 5.69 Å². The number of aryl methyl sites for hydroxylation is 1. The Morgan fingerprint density at radius 1 is 1.15 bits per heavy atom. The van der Waals surface area contributed by atoms with E-state index in [0.717, 1.165) is 16.3 Å². The second-order valence-electron chi connectivity index (χ2n) is 5.61. The molecule has 4 aromatic rings. The molecule has 0 radical (unpaired) electrons. The van der Waals surface area contributed by atoms with Crippen molar-refractivity contribution in [3.05, 3.63) is 63.4 Å². The van der Waals surface area contributed by atoms with Gasteiger partial charge in [-0.25, -0.2) is 18.2 Å². The molecule has 132 valence electrons. The largest absolute Gasteiger partial charge is 0.417 e. The second kappa shape index (κ2) is 6.11. The van der Waals surface area contributed by atoms with Gasteiger partial charge in [0.15, 0.2) is 5.58 Å². The Bertz CT molecular complexity index is 1250. The molecule has 4 rings (SSSR count).